The smallest absolute Gasteiger partial charge is 0.246 e. The summed E-state index contributed by atoms with van der Waals surface area (Å²) in [7, 11) is 0. The van der Waals surface area contributed by atoms with Gasteiger partial charge in [-0.05, 0) is 37.3 Å². The molecule has 1 amide bonds. The molecule has 0 aliphatic rings. The topological polar surface area (TPSA) is 32.3 Å². The summed E-state index contributed by atoms with van der Waals surface area (Å²) in [6.45, 7) is 2.24. The van der Waals surface area contributed by atoms with Gasteiger partial charge < -0.3 is 10.2 Å². The molecule has 0 unspecified atom stereocenters. The predicted molar refractivity (Wildman–Crippen MR) is 79.3 cm³/mol. The van der Waals surface area contributed by atoms with Crippen LogP contribution in [0.1, 0.15) is 6.92 Å². The van der Waals surface area contributed by atoms with E-state index >= 15 is 0 Å². The zero-order chi connectivity index (χ0) is 15.2. The van der Waals surface area contributed by atoms with Crippen LogP contribution in [0.25, 0.3) is 0 Å². The summed E-state index contributed by atoms with van der Waals surface area (Å²) < 4.78 is 26.5. The molecule has 21 heavy (non-hydrogen) atoms. The zero-order valence-electron chi connectivity index (χ0n) is 11.6. The third-order valence-electron chi connectivity index (χ3n) is 3.04. The number of hydrogen-bond acceptors (Lipinski definition) is 2. The first-order valence-corrected chi connectivity index (χ1v) is 6.66. The number of hydrogen-bond donors (Lipinski definition) is 1. The molecular formula is C16H16F2N2O. The van der Waals surface area contributed by atoms with Gasteiger partial charge in [-0.3, -0.25) is 4.79 Å². The Morgan fingerprint density at radius 2 is 1.86 bits per heavy atom. The van der Waals surface area contributed by atoms with E-state index in [2.05, 4.69) is 5.32 Å². The first-order valence-electron chi connectivity index (χ1n) is 6.66. The maximum absolute atomic E-state index is 13.5. The van der Waals surface area contributed by atoms with Crippen molar-refractivity contribution in [3.05, 3.63) is 60.2 Å². The third kappa shape index (κ3) is 3.78. The van der Waals surface area contributed by atoms with Gasteiger partial charge in [0.05, 0.1) is 12.2 Å². The molecule has 3 nitrogen and oxygen atoms in total. The first kappa shape index (κ1) is 15.0. The van der Waals surface area contributed by atoms with Crippen molar-refractivity contribution in [1.29, 1.82) is 0 Å². The number of nitrogens with zero attached hydrogens (tertiary/aromatic N) is 1. The molecule has 0 heterocycles. The Labute approximate surface area is 122 Å². The minimum absolute atomic E-state index is 0.0209. The van der Waals surface area contributed by atoms with Crippen molar-refractivity contribution >= 4 is 17.3 Å². The predicted octanol–water partition coefficient (Wildman–Crippen LogP) is 3.43. The number of carbonyl (C=O) groups is 1. The van der Waals surface area contributed by atoms with E-state index < -0.39 is 11.6 Å². The van der Waals surface area contributed by atoms with Gasteiger partial charge in [-0.15, -0.1) is 0 Å². The maximum Gasteiger partial charge on any atom is 0.246 e. The minimum atomic E-state index is -0.591. The van der Waals surface area contributed by atoms with Crippen LogP contribution in [0.15, 0.2) is 48.5 Å². The molecule has 0 radical (unpaired) electrons. The lowest BCUT2D eigenvalue weighted by Crippen LogP contribution is -2.35. The van der Waals surface area contributed by atoms with Crippen LogP contribution in [0.2, 0.25) is 0 Å². The standard InChI is InChI=1S/C16H16F2N2O/c1-2-20(13-6-4-3-5-7-13)16(21)11-19-15-10-12(17)8-9-14(15)18/h3-10,19H,2,11H2,1H3. The lowest BCUT2D eigenvalue weighted by Gasteiger charge is -2.21. The van der Waals surface area contributed by atoms with Gasteiger partial charge in [0, 0.05) is 12.2 Å². The molecule has 110 valence electrons. The van der Waals surface area contributed by atoms with Crippen LogP contribution >= 0.6 is 0 Å². The van der Waals surface area contributed by atoms with Crippen molar-refractivity contribution < 1.29 is 13.6 Å². The van der Waals surface area contributed by atoms with E-state index in [0.717, 1.165) is 23.9 Å². The Morgan fingerprint density at radius 1 is 1.14 bits per heavy atom. The molecule has 2 aromatic carbocycles. The highest BCUT2D eigenvalue weighted by Gasteiger charge is 2.14. The van der Waals surface area contributed by atoms with E-state index in [1.807, 2.05) is 37.3 Å². The molecule has 0 aliphatic carbocycles. The molecular weight excluding hydrogens is 274 g/mol. The SMILES string of the molecule is CCN(C(=O)CNc1cc(F)ccc1F)c1ccccc1. The average Bonchev–Trinajstić information content (AvgIpc) is 2.50. The van der Waals surface area contributed by atoms with Crippen molar-refractivity contribution in [3.8, 4) is 0 Å². The van der Waals surface area contributed by atoms with Gasteiger partial charge in [-0.1, -0.05) is 18.2 Å². The summed E-state index contributed by atoms with van der Waals surface area (Å²) in [6, 6.07) is 12.3. The van der Waals surface area contributed by atoms with Crippen LogP contribution in [0, 0.1) is 11.6 Å². The summed E-state index contributed by atoms with van der Waals surface area (Å²) in [5.74, 6) is -1.36. The van der Waals surface area contributed by atoms with Crippen LogP contribution in [0.3, 0.4) is 0 Å². The fourth-order valence-corrected chi connectivity index (χ4v) is 2.01. The van der Waals surface area contributed by atoms with E-state index in [1.165, 1.54) is 0 Å². The molecule has 0 spiro atoms. The highest BCUT2D eigenvalue weighted by Crippen LogP contribution is 2.16. The molecule has 2 aromatic rings. The maximum atomic E-state index is 13.5. The van der Waals surface area contributed by atoms with Crippen molar-refractivity contribution in [2.45, 2.75) is 6.92 Å². The highest BCUT2D eigenvalue weighted by molar-refractivity contribution is 5.96. The molecule has 5 heteroatoms. The fourth-order valence-electron chi connectivity index (χ4n) is 2.01. The molecule has 0 atom stereocenters. The van der Waals surface area contributed by atoms with Crippen LogP contribution in [-0.2, 0) is 4.79 Å². The normalized spacial score (nSPS) is 10.2. The second-order valence-electron chi connectivity index (χ2n) is 4.45. The van der Waals surface area contributed by atoms with Gasteiger partial charge in [0.15, 0.2) is 0 Å². The summed E-state index contributed by atoms with van der Waals surface area (Å²) in [4.78, 5) is 13.8. The van der Waals surface area contributed by atoms with Gasteiger partial charge in [0.1, 0.15) is 11.6 Å². The minimum Gasteiger partial charge on any atom is -0.374 e. The number of benzene rings is 2. The highest BCUT2D eigenvalue weighted by atomic mass is 19.1. The Morgan fingerprint density at radius 3 is 2.52 bits per heavy atom. The van der Waals surface area contributed by atoms with Crippen molar-refractivity contribution in [1.82, 2.24) is 0 Å². The number of likely N-dealkylation sites (N-methyl/N-ethyl adjacent to an activating group) is 1. The number of anilines is 2. The van der Waals surface area contributed by atoms with Crippen molar-refractivity contribution in [2.24, 2.45) is 0 Å². The summed E-state index contributed by atoms with van der Waals surface area (Å²) in [5, 5.41) is 2.63. The second-order valence-corrected chi connectivity index (χ2v) is 4.45. The molecule has 2 rings (SSSR count). The van der Waals surface area contributed by atoms with E-state index in [-0.39, 0.29) is 18.1 Å². The molecule has 0 saturated carbocycles. The van der Waals surface area contributed by atoms with Crippen LogP contribution in [0.4, 0.5) is 20.2 Å². The number of rotatable bonds is 5. The van der Waals surface area contributed by atoms with Gasteiger partial charge in [0.2, 0.25) is 5.91 Å². The van der Waals surface area contributed by atoms with Crippen LogP contribution < -0.4 is 10.2 Å². The third-order valence-corrected chi connectivity index (χ3v) is 3.04. The Balaban J connectivity index is 2.05. The van der Waals surface area contributed by atoms with Gasteiger partial charge >= 0.3 is 0 Å². The molecule has 0 bridgehead atoms. The summed E-state index contributed by atoms with van der Waals surface area (Å²) >= 11 is 0. The number of amides is 1. The summed E-state index contributed by atoms with van der Waals surface area (Å²) in [6.07, 6.45) is 0. The first-order chi connectivity index (χ1) is 10.1. The van der Waals surface area contributed by atoms with Crippen molar-refractivity contribution in [2.75, 3.05) is 23.3 Å². The van der Waals surface area contributed by atoms with Gasteiger partial charge in [-0.2, -0.15) is 0 Å². The number of halogens is 2. The number of para-hydroxylation sites is 1. The van der Waals surface area contributed by atoms with E-state index in [9.17, 15) is 13.6 Å². The molecule has 0 fully saturated rings. The van der Waals surface area contributed by atoms with Crippen LogP contribution in [0.5, 0.6) is 0 Å². The number of carbonyl (C=O) groups excluding carboxylic acids is 1. The van der Waals surface area contributed by atoms with Crippen LogP contribution in [-0.4, -0.2) is 19.0 Å². The largest absolute Gasteiger partial charge is 0.374 e. The molecule has 0 aliphatic heterocycles. The fraction of sp³-hybridized carbons (Fsp3) is 0.188. The lowest BCUT2D eigenvalue weighted by molar-refractivity contribution is -0.116. The Kier molecular flexibility index (Phi) is 4.87. The quantitative estimate of drug-likeness (QED) is 0.915. The molecule has 0 aromatic heterocycles. The number of nitrogens with one attached hydrogen (secondary N) is 1. The lowest BCUT2D eigenvalue weighted by atomic mass is 10.2. The zero-order valence-corrected chi connectivity index (χ0v) is 11.6. The average molecular weight is 290 g/mol. The second kappa shape index (κ2) is 6.83. The van der Waals surface area contributed by atoms with Gasteiger partial charge in [-0.25, -0.2) is 8.78 Å². The molecule has 0 saturated heterocycles. The molecule has 1 N–H and O–H groups in total. The van der Waals surface area contributed by atoms with E-state index in [4.69, 9.17) is 0 Å². The van der Waals surface area contributed by atoms with Crippen molar-refractivity contribution in [3.63, 3.8) is 0 Å². The monoisotopic (exact) mass is 290 g/mol. The van der Waals surface area contributed by atoms with Gasteiger partial charge in [0.25, 0.3) is 0 Å². The van der Waals surface area contributed by atoms with E-state index in [1.54, 1.807) is 4.90 Å². The Hall–Kier alpha value is -2.43. The van der Waals surface area contributed by atoms with E-state index in [0.29, 0.717) is 6.54 Å². The summed E-state index contributed by atoms with van der Waals surface area (Å²) in [5.41, 5.74) is 0.749. The Bertz CT molecular complexity index is 617.